The Bertz CT molecular complexity index is 229. The maximum Gasteiger partial charge on any atom is 0.221 e. The first-order valence-electron chi connectivity index (χ1n) is 3.06. The molecule has 11 heavy (non-hydrogen) atoms. The highest BCUT2D eigenvalue weighted by Gasteiger charge is 2.44. The number of allylic oxidation sites excluding steroid dienone is 2. The molecule has 0 heterocycles. The molecule has 0 aliphatic heterocycles. The van der Waals surface area contributed by atoms with E-state index in [2.05, 4.69) is 0 Å². The van der Waals surface area contributed by atoms with E-state index in [9.17, 15) is 10.2 Å². The molecule has 0 spiro atoms. The molecular weight excluding hydrogens is 187 g/mol. The zero-order chi connectivity index (χ0) is 8.70. The van der Waals surface area contributed by atoms with Crippen molar-refractivity contribution in [2.24, 2.45) is 0 Å². The van der Waals surface area contributed by atoms with E-state index < -0.39 is 10.1 Å². The maximum absolute atomic E-state index is 9.18. The smallest absolute Gasteiger partial charge is 0.221 e. The van der Waals surface area contributed by atoms with E-state index in [0.29, 0.717) is 0 Å². The van der Waals surface area contributed by atoms with Crippen LogP contribution in [0.2, 0.25) is 0 Å². The maximum atomic E-state index is 9.18. The quantitative estimate of drug-likeness (QED) is 0.452. The topological polar surface area (TPSA) is 40.5 Å². The number of rotatable bonds is 0. The molecule has 0 bridgehead atoms. The van der Waals surface area contributed by atoms with Crippen LogP contribution in [0.1, 0.15) is 6.92 Å². The van der Waals surface area contributed by atoms with Gasteiger partial charge in [-0.1, -0.05) is 34.9 Å². The number of aliphatic hydroxyl groups is 2. The molecule has 2 N–H and O–H groups in total. The third kappa shape index (κ3) is 1.59. The molecule has 0 aromatic rings. The summed E-state index contributed by atoms with van der Waals surface area (Å²) in [4.78, 5) is 0. The SMILES string of the molecule is CC1=CC(Cl)(Cl)C(O)(O)C=C1. The van der Waals surface area contributed by atoms with Crippen LogP contribution in [0.25, 0.3) is 0 Å². The minimum absolute atomic E-state index is 0.800. The predicted molar refractivity (Wildman–Crippen MR) is 44.5 cm³/mol. The second-order valence-corrected chi connectivity index (χ2v) is 3.96. The summed E-state index contributed by atoms with van der Waals surface area (Å²) >= 11 is 11.2. The molecule has 2 nitrogen and oxygen atoms in total. The fourth-order valence-electron chi connectivity index (χ4n) is 0.799. The van der Waals surface area contributed by atoms with Crippen LogP contribution in [-0.2, 0) is 0 Å². The first-order valence-corrected chi connectivity index (χ1v) is 3.82. The lowest BCUT2D eigenvalue weighted by molar-refractivity contribution is -0.121. The summed E-state index contributed by atoms with van der Waals surface area (Å²) in [5, 5.41) is 18.4. The Morgan fingerprint density at radius 3 is 2.27 bits per heavy atom. The lowest BCUT2D eigenvalue weighted by atomic mass is 10.0. The van der Waals surface area contributed by atoms with Gasteiger partial charge >= 0.3 is 0 Å². The monoisotopic (exact) mass is 194 g/mol. The van der Waals surface area contributed by atoms with E-state index in [-0.39, 0.29) is 0 Å². The minimum Gasteiger partial charge on any atom is -0.360 e. The molecule has 0 aromatic carbocycles. The van der Waals surface area contributed by atoms with Crippen molar-refractivity contribution in [1.29, 1.82) is 0 Å². The number of hydrogen-bond donors (Lipinski definition) is 2. The van der Waals surface area contributed by atoms with Crippen LogP contribution >= 0.6 is 23.2 Å². The average Bonchev–Trinajstić information content (AvgIpc) is 1.80. The van der Waals surface area contributed by atoms with Crippen molar-refractivity contribution >= 4 is 23.2 Å². The van der Waals surface area contributed by atoms with Crippen molar-refractivity contribution in [3.05, 3.63) is 23.8 Å². The van der Waals surface area contributed by atoms with Gasteiger partial charge in [0, 0.05) is 0 Å². The largest absolute Gasteiger partial charge is 0.360 e. The van der Waals surface area contributed by atoms with Crippen LogP contribution in [0, 0.1) is 0 Å². The number of hydrogen-bond acceptors (Lipinski definition) is 2. The number of halogens is 2. The molecule has 1 aliphatic carbocycles. The summed E-state index contributed by atoms with van der Waals surface area (Å²) in [7, 11) is 0. The van der Waals surface area contributed by atoms with Gasteiger partial charge in [-0.05, 0) is 19.1 Å². The van der Waals surface area contributed by atoms with Gasteiger partial charge in [0.2, 0.25) is 5.79 Å². The fourth-order valence-corrected chi connectivity index (χ4v) is 1.27. The molecule has 62 valence electrons. The summed E-state index contributed by atoms with van der Waals surface area (Å²) in [6.45, 7) is 1.77. The summed E-state index contributed by atoms with van der Waals surface area (Å²) in [6, 6.07) is 0. The van der Waals surface area contributed by atoms with E-state index in [0.717, 1.165) is 11.6 Å². The van der Waals surface area contributed by atoms with Crippen molar-refractivity contribution in [2.45, 2.75) is 17.0 Å². The third-order valence-corrected chi connectivity index (χ3v) is 2.25. The Labute approximate surface area is 74.7 Å². The zero-order valence-corrected chi connectivity index (χ0v) is 7.39. The minimum atomic E-state index is -2.17. The van der Waals surface area contributed by atoms with Gasteiger partial charge in [-0.2, -0.15) is 0 Å². The van der Waals surface area contributed by atoms with Gasteiger partial charge in [0.25, 0.3) is 0 Å². The first kappa shape index (κ1) is 9.07. The summed E-state index contributed by atoms with van der Waals surface area (Å²) in [6.07, 6.45) is 4.08. The van der Waals surface area contributed by atoms with Gasteiger partial charge < -0.3 is 10.2 Å². The second kappa shape index (κ2) is 2.49. The van der Waals surface area contributed by atoms with Gasteiger partial charge in [0.05, 0.1) is 0 Å². The average molecular weight is 195 g/mol. The Morgan fingerprint density at radius 1 is 1.36 bits per heavy atom. The summed E-state index contributed by atoms with van der Waals surface area (Å²) < 4.78 is -1.65. The van der Waals surface area contributed by atoms with E-state index in [1.807, 2.05) is 0 Å². The van der Waals surface area contributed by atoms with Crippen molar-refractivity contribution in [1.82, 2.24) is 0 Å². The Kier molecular flexibility index (Phi) is 2.05. The third-order valence-electron chi connectivity index (χ3n) is 1.48. The van der Waals surface area contributed by atoms with E-state index in [4.69, 9.17) is 23.2 Å². The first-order chi connectivity index (χ1) is 4.85. The molecular formula is C7H8Cl2O2. The van der Waals surface area contributed by atoms with Crippen molar-refractivity contribution in [3.8, 4) is 0 Å². The van der Waals surface area contributed by atoms with Crippen LogP contribution in [0.15, 0.2) is 23.8 Å². The van der Waals surface area contributed by atoms with Crippen molar-refractivity contribution in [3.63, 3.8) is 0 Å². The van der Waals surface area contributed by atoms with Gasteiger partial charge in [-0.15, -0.1) is 0 Å². The zero-order valence-electron chi connectivity index (χ0n) is 5.88. The van der Waals surface area contributed by atoms with Gasteiger partial charge in [-0.25, -0.2) is 0 Å². The normalized spacial score (nSPS) is 26.5. The molecule has 1 aliphatic rings. The predicted octanol–water partition coefficient (Wildman–Crippen LogP) is 1.36. The van der Waals surface area contributed by atoms with E-state index in [1.54, 1.807) is 13.0 Å². The molecule has 0 aromatic heterocycles. The van der Waals surface area contributed by atoms with Crippen molar-refractivity contribution in [2.75, 3.05) is 0 Å². The Balaban J connectivity index is 3.04. The van der Waals surface area contributed by atoms with Crippen LogP contribution in [0.4, 0.5) is 0 Å². The van der Waals surface area contributed by atoms with Crippen LogP contribution in [0.5, 0.6) is 0 Å². The molecule has 0 saturated heterocycles. The van der Waals surface area contributed by atoms with Crippen molar-refractivity contribution < 1.29 is 10.2 Å². The van der Waals surface area contributed by atoms with Gasteiger partial charge in [0.15, 0.2) is 4.33 Å². The van der Waals surface area contributed by atoms with Crippen LogP contribution in [-0.4, -0.2) is 20.3 Å². The lowest BCUT2D eigenvalue weighted by Gasteiger charge is -2.31. The second-order valence-electron chi connectivity index (χ2n) is 2.57. The highest BCUT2D eigenvalue weighted by molar-refractivity contribution is 6.50. The standard InChI is InChI=1S/C7H8Cl2O2/c1-5-2-3-7(10,11)6(8,9)4-5/h2-4,10-11H,1H3. The van der Waals surface area contributed by atoms with Crippen LogP contribution in [0.3, 0.4) is 0 Å². The lowest BCUT2D eigenvalue weighted by Crippen LogP contribution is -2.44. The molecule has 0 radical (unpaired) electrons. The molecule has 0 saturated carbocycles. The van der Waals surface area contributed by atoms with Crippen LogP contribution < -0.4 is 0 Å². The number of alkyl halides is 2. The molecule has 0 amide bonds. The Morgan fingerprint density at radius 2 is 1.91 bits per heavy atom. The fraction of sp³-hybridized carbons (Fsp3) is 0.429. The van der Waals surface area contributed by atoms with E-state index >= 15 is 0 Å². The van der Waals surface area contributed by atoms with Gasteiger partial charge in [0.1, 0.15) is 0 Å². The summed E-state index contributed by atoms with van der Waals surface area (Å²) in [5.41, 5.74) is 0.800. The molecule has 0 unspecified atom stereocenters. The molecule has 0 atom stereocenters. The highest BCUT2D eigenvalue weighted by atomic mass is 35.5. The highest BCUT2D eigenvalue weighted by Crippen LogP contribution is 2.38. The van der Waals surface area contributed by atoms with Gasteiger partial charge in [-0.3, -0.25) is 0 Å². The molecule has 4 heteroatoms. The van der Waals surface area contributed by atoms with E-state index in [1.165, 1.54) is 6.08 Å². The summed E-state index contributed by atoms with van der Waals surface area (Å²) in [5.74, 6) is -2.17. The molecule has 1 rings (SSSR count). The Hall–Kier alpha value is -0.0200. The molecule has 0 fully saturated rings.